The van der Waals surface area contributed by atoms with Gasteiger partial charge in [0.15, 0.2) is 11.6 Å². The van der Waals surface area contributed by atoms with E-state index in [2.05, 4.69) is 42.2 Å². The largest absolute Gasteiger partial charge is 0.360 e. The van der Waals surface area contributed by atoms with Crippen LogP contribution in [0.25, 0.3) is 44.8 Å². The van der Waals surface area contributed by atoms with Crippen molar-refractivity contribution in [2.45, 2.75) is 23.6 Å². The summed E-state index contributed by atoms with van der Waals surface area (Å²) in [5.74, 6) is -3.28. The number of rotatable bonds is 6. The van der Waals surface area contributed by atoms with Crippen LogP contribution in [0.15, 0.2) is 101 Å². The fourth-order valence-electron chi connectivity index (χ4n) is 4.88. The molecule has 0 saturated carbocycles. The van der Waals surface area contributed by atoms with Gasteiger partial charge < -0.3 is 9.05 Å². The summed E-state index contributed by atoms with van der Waals surface area (Å²) in [7, 11) is -8.33. The third-order valence-electron chi connectivity index (χ3n) is 7.17. The molecule has 18 heteroatoms. The molecule has 0 aliphatic carbocycles. The quantitative estimate of drug-likeness (QED) is 0.159. The molecule has 0 aliphatic heterocycles. The first-order valence-corrected chi connectivity index (χ1v) is 18.5. The van der Waals surface area contributed by atoms with E-state index >= 15 is 0 Å². The predicted octanol–water partition coefficient (Wildman–Crippen LogP) is 8.01. The Hall–Kier alpha value is -4.20. The SMILES string of the molecule is Cc1onc(-c2ccc(Br)c(Br)c2)c1-c1ccc(S(N)(=O)=O)c(F)c1.Cc1onc(-c2ccc(F)c(F)c2)c1-c1ccc(S(N)(=O)=O)c(F)c1. The second-order valence-electron chi connectivity index (χ2n) is 10.6. The molecular weight excluding hydrogens is 836 g/mol. The summed E-state index contributed by atoms with van der Waals surface area (Å²) < 4.78 is 112. The molecule has 4 aromatic carbocycles. The molecule has 0 spiro atoms. The van der Waals surface area contributed by atoms with Crippen molar-refractivity contribution >= 4 is 51.9 Å². The average Bonchev–Trinajstić information content (AvgIpc) is 3.61. The Morgan fingerprint density at radius 1 is 0.540 bits per heavy atom. The number of primary sulfonamides is 2. The van der Waals surface area contributed by atoms with Crippen LogP contribution in [0.4, 0.5) is 17.6 Å². The van der Waals surface area contributed by atoms with Crippen molar-refractivity contribution in [2.75, 3.05) is 0 Å². The molecule has 10 nitrogen and oxygen atoms in total. The monoisotopic (exact) mass is 856 g/mol. The van der Waals surface area contributed by atoms with Crippen LogP contribution in [0.2, 0.25) is 0 Å². The van der Waals surface area contributed by atoms with Crippen molar-refractivity contribution in [3.8, 4) is 44.8 Å². The fourth-order valence-corrected chi connectivity index (χ4v) is 6.68. The van der Waals surface area contributed by atoms with Gasteiger partial charge in [0, 0.05) is 20.1 Å². The number of benzene rings is 4. The van der Waals surface area contributed by atoms with Crippen LogP contribution in [0.1, 0.15) is 11.5 Å². The van der Waals surface area contributed by atoms with Gasteiger partial charge in [-0.2, -0.15) is 0 Å². The molecule has 0 aliphatic rings. The average molecular weight is 858 g/mol. The maximum absolute atomic E-state index is 14.2. The first-order chi connectivity index (χ1) is 23.4. The van der Waals surface area contributed by atoms with Gasteiger partial charge in [-0.05, 0) is 111 Å². The fraction of sp³-hybridized carbons (Fsp3) is 0.0625. The van der Waals surface area contributed by atoms with Gasteiger partial charge >= 0.3 is 0 Å². The van der Waals surface area contributed by atoms with E-state index in [0.29, 0.717) is 33.9 Å². The highest BCUT2D eigenvalue weighted by atomic mass is 79.9. The molecule has 0 bridgehead atoms. The molecular formula is C32H22Br2F4N4O6S2. The van der Waals surface area contributed by atoms with Crippen LogP contribution in [0, 0.1) is 37.1 Å². The van der Waals surface area contributed by atoms with E-state index in [1.165, 1.54) is 18.2 Å². The van der Waals surface area contributed by atoms with Gasteiger partial charge in [-0.1, -0.05) is 28.5 Å². The van der Waals surface area contributed by atoms with Gasteiger partial charge in [0.05, 0.1) is 11.1 Å². The number of sulfonamides is 2. The van der Waals surface area contributed by atoms with Gasteiger partial charge in [0.25, 0.3) is 0 Å². The second-order valence-corrected chi connectivity index (χ2v) is 15.3. The Morgan fingerprint density at radius 3 is 1.34 bits per heavy atom. The second kappa shape index (κ2) is 14.2. The summed E-state index contributed by atoms with van der Waals surface area (Å²) >= 11 is 6.83. The minimum atomic E-state index is -4.21. The van der Waals surface area contributed by atoms with Crippen LogP contribution in [0.5, 0.6) is 0 Å². The zero-order valence-electron chi connectivity index (χ0n) is 25.5. The molecule has 50 heavy (non-hydrogen) atoms. The zero-order valence-corrected chi connectivity index (χ0v) is 30.3. The van der Waals surface area contributed by atoms with Crippen LogP contribution in [-0.2, 0) is 20.0 Å². The van der Waals surface area contributed by atoms with Crippen molar-refractivity contribution in [3.63, 3.8) is 0 Å². The van der Waals surface area contributed by atoms with E-state index in [4.69, 9.17) is 19.3 Å². The summed E-state index contributed by atoms with van der Waals surface area (Å²) in [6.07, 6.45) is 0. The summed E-state index contributed by atoms with van der Waals surface area (Å²) in [6.45, 7) is 3.25. The molecule has 2 heterocycles. The lowest BCUT2D eigenvalue weighted by Crippen LogP contribution is -2.14. The van der Waals surface area contributed by atoms with Gasteiger partial charge in [0.2, 0.25) is 20.0 Å². The smallest absolute Gasteiger partial charge is 0.240 e. The molecule has 0 radical (unpaired) electrons. The number of hydrogen-bond donors (Lipinski definition) is 2. The Morgan fingerprint density at radius 2 is 0.940 bits per heavy atom. The number of aromatic nitrogens is 2. The van der Waals surface area contributed by atoms with E-state index in [0.717, 1.165) is 50.9 Å². The molecule has 260 valence electrons. The molecule has 2 aromatic heterocycles. The maximum atomic E-state index is 14.2. The van der Waals surface area contributed by atoms with Gasteiger partial charge in [0.1, 0.15) is 44.3 Å². The molecule has 0 fully saturated rings. The lowest BCUT2D eigenvalue weighted by atomic mass is 9.99. The van der Waals surface area contributed by atoms with E-state index in [1.54, 1.807) is 13.8 Å². The highest BCUT2D eigenvalue weighted by Gasteiger charge is 2.23. The van der Waals surface area contributed by atoms with Gasteiger partial charge in [-0.15, -0.1) is 0 Å². The van der Waals surface area contributed by atoms with Crippen molar-refractivity contribution in [1.29, 1.82) is 0 Å². The number of nitrogens with two attached hydrogens (primary N) is 2. The number of aryl methyl sites for hydroxylation is 2. The van der Waals surface area contributed by atoms with E-state index in [9.17, 15) is 34.4 Å². The molecule has 0 saturated heterocycles. The highest BCUT2D eigenvalue weighted by Crippen LogP contribution is 2.38. The molecule has 6 rings (SSSR count). The number of halogens is 6. The summed E-state index contributed by atoms with van der Waals surface area (Å²) in [5, 5.41) is 17.8. The van der Waals surface area contributed by atoms with Crippen molar-refractivity contribution in [2.24, 2.45) is 10.3 Å². The highest BCUT2D eigenvalue weighted by molar-refractivity contribution is 9.13. The Balaban J connectivity index is 0.000000194. The maximum Gasteiger partial charge on any atom is 0.240 e. The van der Waals surface area contributed by atoms with E-state index in [1.807, 2.05) is 18.2 Å². The Bertz CT molecular complexity index is 2340. The minimum Gasteiger partial charge on any atom is -0.360 e. The lowest BCUT2D eigenvalue weighted by Gasteiger charge is -2.07. The Labute approximate surface area is 299 Å². The molecule has 0 atom stereocenters. The molecule has 0 unspecified atom stereocenters. The summed E-state index contributed by atoms with van der Waals surface area (Å²) in [5.41, 5.74) is 3.27. The van der Waals surface area contributed by atoms with Gasteiger partial charge in [-0.3, -0.25) is 0 Å². The normalized spacial score (nSPS) is 11.7. The van der Waals surface area contributed by atoms with Crippen LogP contribution < -0.4 is 10.3 Å². The van der Waals surface area contributed by atoms with Crippen LogP contribution >= 0.6 is 31.9 Å². The Kier molecular flexibility index (Phi) is 10.5. The lowest BCUT2D eigenvalue weighted by molar-refractivity contribution is 0.400. The van der Waals surface area contributed by atoms with Gasteiger partial charge in [-0.25, -0.2) is 44.7 Å². The predicted molar refractivity (Wildman–Crippen MR) is 182 cm³/mol. The van der Waals surface area contributed by atoms with Crippen LogP contribution in [-0.4, -0.2) is 27.1 Å². The van der Waals surface area contributed by atoms with Crippen LogP contribution in [0.3, 0.4) is 0 Å². The third kappa shape index (κ3) is 7.74. The first kappa shape index (κ1) is 37.1. The topological polar surface area (TPSA) is 172 Å². The van der Waals surface area contributed by atoms with E-state index in [-0.39, 0.29) is 16.8 Å². The third-order valence-corrected chi connectivity index (χ3v) is 10.9. The van der Waals surface area contributed by atoms with Crippen molar-refractivity contribution in [1.82, 2.24) is 10.3 Å². The summed E-state index contributed by atoms with van der Waals surface area (Å²) in [4.78, 5) is -1.21. The molecule has 4 N–H and O–H groups in total. The molecule has 6 aromatic rings. The zero-order chi connectivity index (χ0) is 36.7. The number of nitrogens with zero attached hydrogens (tertiary/aromatic N) is 2. The summed E-state index contributed by atoms with van der Waals surface area (Å²) in [6, 6.07) is 15.7. The van der Waals surface area contributed by atoms with Crippen molar-refractivity contribution < 1.29 is 43.4 Å². The number of hydrogen-bond acceptors (Lipinski definition) is 8. The van der Waals surface area contributed by atoms with E-state index < -0.39 is 53.1 Å². The first-order valence-electron chi connectivity index (χ1n) is 13.9. The molecule has 0 amide bonds. The standard InChI is InChI=1S/C16H11Br2FN2O3S.C16H11F3N2O3S/c1-8-15(9-3-5-14(13(19)7-9)25(20,22)23)16(21-24-8)10-2-4-11(17)12(18)6-10;1-8-15(9-3-5-14(13(19)6-9)25(20,22)23)16(21-24-8)10-2-4-11(17)12(18)7-10/h2*2-7H,1H3,(H2,20,22,23). The minimum absolute atomic E-state index is 0.166. The van der Waals surface area contributed by atoms with Crippen molar-refractivity contribution in [3.05, 3.63) is 117 Å².